The second-order valence-corrected chi connectivity index (χ2v) is 6.35. The maximum absolute atomic E-state index is 5.55. The summed E-state index contributed by atoms with van der Waals surface area (Å²) in [5.41, 5.74) is 0.602. The van der Waals surface area contributed by atoms with Gasteiger partial charge in [0.2, 0.25) is 0 Å². The van der Waals surface area contributed by atoms with Crippen LogP contribution in [0.25, 0.3) is 0 Å². The predicted octanol–water partition coefficient (Wildman–Crippen LogP) is 3.75. The van der Waals surface area contributed by atoms with Gasteiger partial charge in [0.25, 0.3) is 0 Å². The van der Waals surface area contributed by atoms with Gasteiger partial charge in [-0.3, -0.25) is 0 Å². The second-order valence-electron chi connectivity index (χ2n) is 6.35. The van der Waals surface area contributed by atoms with Crippen LogP contribution in [0.4, 0.5) is 0 Å². The summed E-state index contributed by atoms with van der Waals surface area (Å²) in [5, 5.41) is 3.63. The summed E-state index contributed by atoms with van der Waals surface area (Å²) in [4.78, 5) is 0. The van der Waals surface area contributed by atoms with Crippen molar-refractivity contribution in [2.24, 2.45) is 5.41 Å². The molecule has 17 heavy (non-hydrogen) atoms. The zero-order valence-electron chi connectivity index (χ0n) is 12.3. The van der Waals surface area contributed by atoms with Gasteiger partial charge in [0, 0.05) is 13.7 Å². The molecule has 0 unspecified atom stereocenters. The predicted molar refractivity (Wildman–Crippen MR) is 74.4 cm³/mol. The van der Waals surface area contributed by atoms with E-state index < -0.39 is 0 Å². The molecule has 1 N–H and O–H groups in total. The molecule has 0 aliphatic heterocycles. The maximum Gasteiger partial charge on any atom is 0.0623 e. The molecule has 1 saturated carbocycles. The van der Waals surface area contributed by atoms with Crippen molar-refractivity contribution in [3.63, 3.8) is 0 Å². The van der Waals surface area contributed by atoms with Crippen molar-refractivity contribution in [1.29, 1.82) is 0 Å². The zero-order chi connectivity index (χ0) is 12.8. The summed E-state index contributed by atoms with van der Waals surface area (Å²) in [6, 6.07) is 0. The Labute approximate surface area is 108 Å². The lowest BCUT2D eigenvalue weighted by atomic mass is 9.79. The highest BCUT2D eigenvalue weighted by Gasteiger charge is 2.34. The van der Waals surface area contributed by atoms with E-state index in [1.807, 2.05) is 7.11 Å². The van der Waals surface area contributed by atoms with E-state index in [4.69, 9.17) is 4.74 Å². The molecule has 0 spiro atoms. The van der Waals surface area contributed by atoms with Gasteiger partial charge in [-0.1, -0.05) is 19.8 Å². The third-order valence-corrected chi connectivity index (χ3v) is 4.40. The molecule has 1 fully saturated rings. The first-order valence-electron chi connectivity index (χ1n) is 7.29. The topological polar surface area (TPSA) is 21.3 Å². The number of hydrogen-bond donors (Lipinski definition) is 1. The SMILES string of the molecule is CCCNCC1(CCC(C)(C)OC)CCCC1. The molecule has 1 rings (SSSR count). The standard InChI is InChI=1S/C15H31NO/c1-5-12-16-13-15(8-6-7-9-15)11-10-14(2,3)17-4/h16H,5-13H2,1-4H3. The van der Waals surface area contributed by atoms with Gasteiger partial charge in [0.15, 0.2) is 0 Å². The van der Waals surface area contributed by atoms with Crippen LogP contribution in [0, 0.1) is 5.41 Å². The Bertz CT molecular complexity index is 207. The Balaban J connectivity index is 2.42. The van der Waals surface area contributed by atoms with Crippen LogP contribution in [0.2, 0.25) is 0 Å². The highest BCUT2D eigenvalue weighted by atomic mass is 16.5. The lowest BCUT2D eigenvalue weighted by Crippen LogP contribution is -2.35. The molecule has 1 aliphatic rings. The fourth-order valence-corrected chi connectivity index (χ4v) is 2.84. The van der Waals surface area contributed by atoms with E-state index in [1.54, 1.807) is 0 Å². The number of ether oxygens (including phenoxy) is 1. The zero-order valence-corrected chi connectivity index (χ0v) is 12.3. The van der Waals surface area contributed by atoms with Crippen molar-refractivity contribution in [2.45, 2.75) is 71.3 Å². The Morgan fingerprint density at radius 2 is 1.88 bits per heavy atom. The first kappa shape index (κ1) is 15.0. The number of methoxy groups -OCH3 is 1. The van der Waals surface area contributed by atoms with E-state index in [2.05, 4.69) is 26.1 Å². The summed E-state index contributed by atoms with van der Waals surface area (Å²) in [7, 11) is 1.83. The molecular formula is C15H31NO. The third-order valence-electron chi connectivity index (χ3n) is 4.40. The lowest BCUT2D eigenvalue weighted by molar-refractivity contribution is 0.00368. The second kappa shape index (κ2) is 6.75. The number of rotatable bonds is 8. The molecule has 1 aliphatic carbocycles. The van der Waals surface area contributed by atoms with Crippen LogP contribution < -0.4 is 5.32 Å². The molecule has 0 aromatic heterocycles. The summed E-state index contributed by atoms with van der Waals surface area (Å²) in [6.07, 6.45) is 9.37. The van der Waals surface area contributed by atoms with Crippen molar-refractivity contribution in [1.82, 2.24) is 5.32 Å². The third kappa shape index (κ3) is 4.97. The number of nitrogens with one attached hydrogen (secondary N) is 1. The summed E-state index contributed by atoms with van der Waals surface area (Å²) >= 11 is 0. The first-order chi connectivity index (χ1) is 8.04. The maximum atomic E-state index is 5.55. The largest absolute Gasteiger partial charge is 0.379 e. The molecular weight excluding hydrogens is 210 g/mol. The van der Waals surface area contributed by atoms with E-state index in [-0.39, 0.29) is 5.60 Å². The van der Waals surface area contributed by atoms with Gasteiger partial charge in [0.1, 0.15) is 0 Å². The van der Waals surface area contributed by atoms with Crippen LogP contribution in [0.3, 0.4) is 0 Å². The Morgan fingerprint density at radius 1 is 1.24 bits per heavy atom. The lowest BCUT2D eigenvalue weighted by Gasteiger charge is -2.33. The first-order valence-corrected chi connectivity index (χ1v) is 7.29. The molecule has 0 atom stereocenters. The van der Waals surface area contributed by atoms with E-state index in [0.717, 1.165) is 6.54 Å². The molecule has 0 bridgehead atoms. The average Bonchev–Trinajstić information content (AvgIpc) is 2.77. The minimum Gasteiger partial charge on any atom is -0.379 e. The molecule has 2 nitrogen and oxygen atoms in total. The summed E-state index contributed by atoms with van der Waals surface area (Å²) < 4.78 is 5.55. The monoisotopic (exact) mass is 241 g/mol. The van der Waals surface area contributed by atoms with Crippen LogP contribution in [-0.2, 0) is 4.74 Å². The van der Waals surface area contributed by atoms with Gasteiger partial charge in [-0.05, 0) is 57.9 Å². The van der Waals surface area contributed by atoms with Crippen LogP contribution in [0.5, 0.6) is 0 Å². The van der Waals surface area contributed by atoms with Crippen molar-refractivity contribution >= 4 is 0 Å². The van der Waals surface area contributed by atoms with E-state index in [0.29, 0.717) is 5.41 Å². The minimum absolute atomic E-state index is 0.0420. The highest BCUT2D eigenvalue weighted by molar-refractivity contribution is 4.88. The van der Waals surface area contributed by atoms with E-state index >= 15 is 0 Å². The molecule has 0 radical (unpaired) electrons. The molecule has 0 heterocycles. The van der Waals surface area contributed by atoms with Crippen molar-refractivity contribution in [2.75, 3.05) is 20.2 Å². The van der Waals surface area contributed by atoms with E-state index in [1.165, 1.54) is 51.5 Å². The molecule has 0 aromatic carbocycles. The fraction of sp³-hybridized carbons (Fsp3) is 1.00. The van der Waals surface area contributed by atoms with Gasteiger partial charge in [-0.2, -0.15) is 0 Å². The van der Waals surface area contributed by atoms with Gasteiger partial charge in [-0.15, -0.1) is 0 Å². The molecule has 102 valence electrons. The smallest absolute Gasteiger partial charge is 0.0623 e. The Hall–Kier alpha value is -0.0800. The number of hydrogen-bond acceptors (Lipinski definition) is 2. The van der Waals surface area contributed by atoms with Crippen LogP contribution in [0.1, 0.15) is 65.7 Å². The summed E-state index contributed by atoms with van der Waals surface area (Å²) in [5.74, 6) is 0. The minimum atomic E-state index is 0.0420. The van der Waals surface area contributed by atoms with Gasteiger partial charge in [-0.25, -0.2) is 0 Å². The highest BCUT2D eigenvalue weighted by Crippen LogP contribution is 2.42. The Kier molecular flexibility index (Phi) is 5.94. The van der Waals surface area contributed by atoms with Crippen LogP contribution >= 0.6 is 0 Å². The van der Waals surface area contributed by atoms with Crippen LogP contribution in [0.15, 0.2) is 0 Å². The van der Waals surface area contributed by atoms with E-state index in [9.17, 15) is 0 Å². The quantitative estimate of drug-likeness (QED) is 0.653. The van der Waals surface area contributed by atoms with Crippen molar-refractivity contribution in [3.8, 4) is 0 Å². The molecule has 0 aromatic rings. The van der Waals surface area contributed by atoms with Crippen molar-refractivity contribution < 1.29 is 4.74 Å². The summed E-state index contributed by atoms with van der Waals surface area (Å²) in [6.45, 7) is 9.02. The van der Waals surface area contributed by atoms with Gasteiger partial charge in [0.05, 0.1) is 5.60 Å². The fourth-order valence-electron chi connectivity index (χ4n) is 2.84. The molecule has 0 saturated heterocycles. The van der Waals surface area contributed by atoms with Crippen molar-refractivity contribution in [3.05, 3.63) is 0 Å². The molecule has 0 amide bonds. The van der Waals surface area contributed by atoms with Crippen LogP contribution in [-0.4, -0.2) is 25.8 Å². The Morgan fingerprint density at radius 3 is 2.41 bits per heavy atom. The van der Waals surface area contributed by atoms with Gasteiger partial charge < -0.3 is 10.1 Å². The normalized spacial score (nSPS) is 19.8. The van der Waals surface area contributed by atoms with Gasteiger partial charge >= 0.3 is 0 Å². The average molecular weight is 241 g/mol. The molecule has 2 heteroatoms.